The number of hydrogen-bond donors (Lipinski definition) is 1. The Kier molecular flexibility index (Phi) is 3.30. The largest absolute Gasteiger partial charge is 0.488 e. The van der Waals surface area contributed by atoms with Crippen LogP contribution in [-0.4, -0.2) is 12.1 Å². The summed E-state index contributed by atoms with van der Waals surface area (Å²) in [7, 11) is 0. The van der Waals surface area contributed by atoms with Crippen molar-refractivity contribution in [2.75, 3.05) is 0 Å². The van der Waals surface area contributed by atoms with Gasteiger partial charge in [-0.3, -0.25) is 0 Å². The summed E-state index contributed by atoms with van der Waals surface area (Å²) in [6.07, 6.45) is -0.285. The van der Waals surface area contributed by atoms with Crippen molar-refractivity contribution in [2.45, 2.75) is 19.1 Å². The smallest absolute Gasteiger partial charge is 0.130 e. The Labute approximate surface area is 77.7 Å². The van der Waals surface area contributed by atoms with Crippen LogP contribution in [-0.2, 0) is 0 Å². The number of hydrogen-bond acceptors (Lipinski definition) is 3. The Morgan fingerprint density at radius 1 is 1.38 bits per heavy atom. The van der Waals surface area contributed by atoms with Crippen LogP contribution >= 0.6 is 0 Å². The van der Waals surface area contributed by atoms with E-state index in [1.807, 2.05) is 36.4 Å². The van der Waals surface area contributed by atoms with Gasteiger partial charge in [0.05, 0.1) is 6.07 Å². The molecule has 0 aliphatic heterocycles. The van der Waals surface area contributed by atoms with Crippen LogP contribution in [0.2, 0.25) is 0 Å². The van der Waals surface area contributed by atoms with Crippen LogP contribution in [0.1, 0.15) is 6.92 Å². The molecule has 0 aromatic heterocycles. The number of rotatable bonds is 3. The van der Waals surface area contributed by atoms with E-state index in [0.29, 0.717) is 0 Å². The number of ether oxygens (including phenoxy) is 1. The van der Waals surface area contributed by atoms with Crippen LogP contribution < -0.4 is 10.5 Å². The third-order valence-electron chi connectivity index (χ3n) is 1.72. The van der Waals surface area contributed by atoms with Crippen molar-refractivity contribution >= 4 is 0 Å². The van der Waals surface area contributed by atoms with Gasteiger partial charge in [-0.25, -0.2) is 0 Å². The van der Waals surface area contributed by atoms with Crippen LogP contribution in [0.25, 0.3) is 0 Å². The maximum absolute atomic E-state index is 8.53. The molecule has 0 amide bonds. The Morgan fingerprint density at radius 3 is 2.54 bits per heavy atom. The molecule has 1 aromatic rings. The van der Waals surface area contributed by atoms with Gasteiger partial charge in [-0.15, -0.1) is 0 Å². The lowest BCUT2D eigenvalue weighted by atomic mass is 10.2. The zero-order valence-electron chi connectivity index (χ0n) is 7.47. The Balaban J connectivity index is 2.56. The molecule has 0 saturated carbocycles. The molecule has 2 atom stereocenters. The van der Waals surface area contributed by atoms with Crippen molar-refractivity contribution in [1.29, 1.82) is 5.26 Å². The monoisotopic (exact) mass is 176 g/mol. The van der Waals surface area contributed by atoms with Crippen molar-refractivity contribution < 1.29 is 4.74 Å². The van der Waals surface area contributed by atoms with E-state index in [0.717, 1.165) is 5.75 Å². The summed E-state index contributed by atoms with van der Waals surface area (Å²) < 4.78 is 5.42. The molecule has 0 spiro atoms. The Morgan fingerprint density at radius 2 is 2.00 bits per heavy atom. The molecular formula is C10H12N2O. The fourth-order valence-corrected chi connectivity index (χ4v) is 0.892. The molecule has 0 heterocycles. The molecular weight excluding hydrogens is 164 g/mol. The minimum absolute atomic E-state index is 0.285. The van der Waals surface area contributed by atoms with E-state index in [9.17, 15) is 0 Å². The van der Waals surface area contributed by atoms with Gasteiger partial charge < -0.3 is 10.5 Å². The maximum atomic E-state index is 8.53. The Bertz CT molecular complexity index is 292. The summed E-state index contributed by atoms with van der Waals surface area (Å²) in [4.78, 5) is 0. The van der Waals surface area contributed by atoms with Gasteiger partial charge >= 0.3 is 0 Å². The molecule has 0 radical (unpaired) electrons. The average Bonchev–Trinajstić information content (AvgIpc) is 2.18. The molecule has 0 aliphatic carbocycles. The lowest BCUT2D eigenvalue weighted by Crippen LogP contribution is -2.35. The standard InChI is InChI=1S/C10H12N2O/c1-8(10(12)7-11)13-9-5-3-2-4-6-9/h2-6,8,10H,12H2,1H3. The van der Waals surface area contributed by atoms with Crippen LogP contribution in [0.15, 0.2) is 30.3 Å². The molecule has 13 heavy (non-hydrogen) atoms. The second-order valence-corrected chi connectivity index (χ2v) is 2.79. The first-order valence-corrected chi connectivity index (χ1v) is 4.11. The molecule has 3 nitrogen and oxygen atoms in total. The van der Waals surface area contributed by atoms with Gasteiger partial charge in [-0.2, -0.15) is 5.26 Å². The molecule has 2 unspecified atom stereocenters. The van der Waals surface area contributed by atoms with Gasteiger partial charge in [-0.1, -0.05) is 18.2 Å². The quantitative estimate of drug-likeness (QED) is 0.755. The van der Waals surface area contributed by atoms with Crippen molar-refractivity contribution in [3.63, 3.8) is 0 Å². The van der Waals surface area contributed by atoms with Gasteiger partial charge in [-0.05, 0) is 19.1 Å². The topological polar surface area (TPSA) is 59.0 Å². The molecule has 1 rings (SSSR count). The maximum Gasteiger partial charge on any atom is 0.130 e. The number of nitriles is 1. The van der Waals surface area contributed by atoms with Crippen LogP contribution in [0.4, 0.5) is 0 Å². The molecule has 2 N–H and O–H groups in total. The molecule has 1 aromatic carbocycles. The van der Waals surface area contributed by atoms with Gasteiger partial charge in [0.15, 0.2) is 0 Å². The molecule has 3 heteroatoms. The highest BCUT2D eigenvalue weighted by Gasteiger charge is 2.12. The highest BCUT2D eigenvalue weighted by molar-refractivity contribution is 5.21. The number of nitrogens with zero attached hydrogens (tertiary/aromatic N) is 1. The first-order valence-electron chi connectivity index (χ1n) is 4.11. The fraction of sp³-hybridized carbons (Fsp3) is 0.300. The minimum Gasteiger partial charge on any atom is -0.488 e. The van der Waals surface area contributed by atoms with Crippen molar-refractivity contribution in [3.8, 4) is 11.8 Å². The van der Waals surface area contributed by atoms with Gasteiger partial charge in [0.2, 0.25) is 0 Å². The third kappa shape index (κ3) is 2.77. The zero-order chi connectivity index (χ0) is 9.68. The fourth-order valence-electron chi connectivity index (χ4n) is 0.892. The Hall–Kier alpha value is -1.53. The third-order valence-corrected chi connectivity index (χ3v) is 1.72. The predicted octanol–water partition coefficient (Wildman–Crippen LogP) is 1.30. The van der Waals surface area contributed by atoms with E-state index in [-0.39, 0.29) is 6.10 Å². The number of benzene rings is 1. The first-order chi connectivity index (χ1) is 6.24. The van der Waals surface area contributed by atoms with Crippen molar-refractivity contribution in [3.05, 3.63) is 30.3 Å². The van der Waals surface area contributed by atoms with Crippen LogP contribution in [0.5, 0.6) is 5.75 Å². The number of para-hydroxylation sites is 1. The summed E-state index contributed by atoms with van der Waals surface area (Å²) >= 11 is 0. The summed E-state index contributed by atoms with van der Waals surface area (Å²) in [6.45, 7) is 1.78. The van der Waals surface area contributed by atoms with Crippen molar-refractivity contribution in [2.24, 2.45) is 5.73 Å². The van der Waals surface area contributed by atoms with Gasteiger partial charge in [0.25, 0.3) is 0 Å². The predicted molar refractivity (Wildman–Crippen MR) is 50.1 cm³/mol. The zero-order valence-corrected chi connectivity index (χ0v) is 7.47. The van der Waals surface area contributed by atoms with Crippen molar-refractivity contribution in [1.82, 2.24) is 0 Å². The van der Waals surface area contributed by atoms with E-state index in [1.165, 1.54) is 0 Å². The molecule has 0 fully saturated rings. The molecule has 0 aliphatic rings. The normalized spacial score (nSPS) is 14.2. The second-order valence-electron chi connectivity index (χ2n) is 2.79. The summed E-state index contributed by atoms with van der Waals surface area (Å²) in [5.41, 5.74) is 5.48. The lowest BCUT2D eigenvalue weighted by Gasteiger charge is -2.15. The number of nitrogens with two attached hydrogens (primary N) is 1. The average molecular weight is 176 g/mol. The summed E-state index contributed by atoms with van der Waals surface area (Å²) in [5, 5.41) is 8.53. The van der Waals surface area contributed by atoms with Crippen LogP contribution in [0, 0.1) is 11.3 Å². The summed E-state index contributed by atoms with van der Waals surface area (Å²) in [6, 6.07) is 10.7. The first kappa shape index (κ1) is 9.56. The van der Waals surface area contributed by atoms with Gasteiger partial charge in [0.1, 0.15) is 17.9 Å². The molecule has 0 bridgehead atoms. The lowest BCUT2D eigenvalue weighted by molar-refractivity contribution is 0.209. The van der Waals surface area contributed by atoms with E-state index in [1.54, 1.807) is 6.92 Å². The minimum atomic E-state index is -0.583. The second kappa shape index (κ2) is 4.48. The van der Waals surface area contributed by atoms with E-state index >= 15 is 0 Å². The highest BCUT2D eigenvalue weighted by atomic mass is 16.5. The molecule has 68 valence electrons. The SMILES string of the molecule is CC(Oc1ccccc1)C(N)C#N. The van der Waals surface area contributed by atoms with E-state index in [4.69, 9.17) is 15.7 Å². The van der Waals surface area contributed by atoms with E-state index < -0.39 is 6.04 Å². The van der Waals surface area contributed by atoms with Crippen LogP contribution in [0.3, 0.4) is 0 Å². The summed E-state index contributed by atoms with van der Waals surface area (Å²) in [5.74, 6) is 0.737. The highest BCUT2D eigenvalue weighted by Crippen LogP contribution is 2.11. The van der Waals surface area contributed by atoms with E-state index in [2.05, 4.69) is 0 Å². The molecule has 0 saturated heterocycles. The van der Waals surface area contributed by atoms with Gasteiger partial charge in [0, 0.05) is 0 Å².